The lowest BCUT2D eigenvalue weighted by molar-refractivity contribution is -0.134. The summed E-state index contributed by atoms with van der Waals surface area (Å²) in [6.07, 6.45) is 0. The standard InChI is InChI=1S/C22H34FN5O2/c1-22(2,3)24-20(29)16-25-10-14-28(15-11-25)21(30)17-26-8-12-27(13-9-26)19-6-4-18(23)5-7-19/h4-7H,8-17H2,1-3H3,(H,24,29). The molecule has 0 aromatic heterocycles. The second-order valence-electron chi connectivity index (χ2n) is 9.19. The minimum absolute atomic E-state index is 0.0290. The number of carbonyl (C=O) groups excluding carboxylic acids is 2. The Kier molecular flexibility index (Phi) is 7.31. The van der Waals surface area contributed by atoms with Gasteiger partial charge in [-0.05, 0) is 45.0 Å². The molecule has 2 fully saturated rings. The molecule has 2 aliphatic heterocycles. The second kappa shape index (κ2) is 9.75. The van der Waals surface area contributed by atoms with Gasteiger partial charge in [-0.25, -0.2) is 4.39 Å². The van der Waals surface area contributed by atoms with Gasteiger partial charge in [-0.1, -0.05) is 0 Å². The number of hydrogen-bond acceptors (Lipinski definition) is 5. The van der Waals surface area contributed by atoms with Crippen molar-refractivity contribution in [1.29, 1.82) is 0 Å². The van der Waals surface area contributed by atoms with Crippen LogP contribution in [0.4, 0.5) is 10.1 Å². The van der Waals surface area contributed by atoms with Crippen LogP contribution in [-0.4, -0.2) is 97.5 Å². The third-order valence-corrected chi connectivity index (χ3v) is 5.53. The van der Waals surface area contributed by atoms with Gasteiger partial charge in [-0.3, -0.25) is 19.4 Å². The summed E-state index contributed by atoms with van der Waals surface area (Å²) in [6, 6.07) is 6.57. The first-order valence-electron chi connectivity index (χ1n) is 10.7. The minimum atomic E-state index is -0.227. The van der Waals surface area contributed by atoms with Crippen LogP contribution in [0.25, 0.3) is 0 Å². The van der Waals surface area contributed by atoms with E-state index in [1.165, 1.54) is 12.1 Å². The summed E-state index contributed by atoms with van der Waals surface area (Å²) in [7, 11) is 0. The molecule has 7 nitrogen and oxygen atoms in total. The Hall–Kier alpha value is -2.19. The van der Waals surface area contributed by atoms with Gasteiger partial charge in [0.25, 0.3) is 0 Å². The third-order valence-electron chi connectivity index (χ3n) is 5.53. The maximum atomic E-state index is 13.1. The summed E-state index contributed by atoms with van der Waals surface area (Å²) in [5.74, 6) is -0.0387. The van der Waals surface area contributed by atoms with Crippen molar-refractivity contribution in [3.63, 3.8) is 0 Å². The Balaban J connectivity index is 1.37. The molecule has 1 aromatic carbocycles. The van der Waals surface area contributed by atoms with E-state index >= 15 is 0 Å². The highest BCUT2D eigenvalue weighted by Gasteiger charge is 2.26. The molecule has 1 aromatic rings. The van der Waals surface area contributed by atoms with Crippen LogP contribution in [0.15, 0.2) is 24.3 Å². The molecule has 2 saturated heterocycles. The van der Waals surface area contributed by atoms with E-state index < -0.39 is 0 Å². The van der Waals surface area contributed by atoms with Gasteiger partial charge in [-0.15, -0.1) is 0 Å². The number of carbonyl (C=O) groups is 2. The average Bonchev–Trinajstić information content (AvgIpc) is 2.68. The zero-order valence-corrected chi connectivity index (χ0v) is 18.4. The van der Waals surface area contributed by atoms with Crippen LogP contribution in [0.1, 0.15) is 20.8 Å². The molecule has 0 spiro atoms. The summed E-state index contributed by atoms with van der Waals surface area (Å²) in [5, 5.41) is 2.98. The van der Waals surface area contributed by atoms with Gasteiger partial charge < -0.3 is 15.1 Å². The van der Waals surface area contributed by atoms with Crippen LogP contribution in [0.3, 0.4) is 0 Å². The number of amides is 2. The number of halogens is 1. The smallest absolute Gasteiger partial charge is 0.236 e. The summed E-state index contributed by atoms with van der Waals surface area (Å²) in [4.78, 5) is 33.2. The molecule has 2 heterocycles. The van der Waals surface area contributed by atoms with Crippen LogP contribution < -0.4 is 10.2 Å². The van der Waals surface area contributed by atoms with Crippen molar-refractivity contribution in [2.24, 2.45) is 0 Å². The summed E-state index contributed by atoms with van der Waals surface area (Å²) in [5.41, 5.74) is 0.796. The molecule has 166 valence electrons. The number of nitrogens with one attached hydrogen (secondary N) is 1. The number of benzene rings is 1. The fourth-order valence-corrected chi connectivity index (χ4v) is 3.92. The van der Waals surface area contributed by atoms with Gasteiger partial charge >= 0.3 is 0 Å². The number of anilines is 1. The van der Waals surface area contributed by atoms with Crippen LogP contribution in [0.5, 0.6) is 0 Å². The van der Waals surface area contributed by atoms with E-state index in [-0.39, 0.29) is 23.2 Å². The molecule has 30 heavy (non-hydrogen) atoms. The topological polar surface area (TPSA) is 59.1 Å². The fraction of sp³-hybridized carbons (Fsp3) is 0.636. The monoisotopic (exact) mass is 419 g/mol. The van der Waals surface area contributed by atoms with Crippen molar-refractivity contribution < 1.29 is 14.0 Å². The number of hydrogen-bond donors (Lipinski definition) is 1. The highest BCUT2D eigenvalue weighted by Crippen LogP contribution is 2.17. The predicted octanol–water partition coefficient (Wildman–Crippen LogP) is 1.01. The highest BCUT2D eigenvalue weighted by molar-refractivity contribution is 5.79. The zero-order valence-electron chi connectivity index (χ0n) is 18.4. The largest absolute Gasteiger partial charge is 0.369 e. The Morgan fingerprint density at radius 3 is 1.97 bits per heavy atom. The van der Waals surface area contributed by atoms with E-state index in [9.17, 15) is 14.0 Å². The second-order valence-corrected chi connectivity index (χ2v) is 9.19. The van der Waals surface area contributed by atoms with Gasteiger partial charge in [0.15, 0.2) is 0 Å². The first kappa shape index (κ1) is 22.5. The van der Waals surface area contributed by atoms with E-state index in [1.807, 2.05) is 25.7 Å². The van der Waals surface area contributed by atoms with Crippen molar-refractivity contribution in [3.05, 3.63) is 30.1 Å². The van der Waals surface area contributed by atoms with E-state index in [2.05, 4.69) is 20.0 Å². The van der Waals surface area contributed by atoms with Crippen molar-refractivity contribution in [2.45, 2.75) is 26.3 Å². The lowest BCUT2D eigenvalue weighted by atomic mass is 10.1. The van der Waals surface area contributed by atoms with Gasteiger partial charge in [0.1, 0.15) is 5.82 Å². The lowest BCUT2D eigenvalue weighted by Crippen LogP contribution is -2.55. The number of nitrogens with zero attached hydrogens (tertiary/aromatic N) is 4. The number of piperazine rings is 2. The van der Waals surface area contributed by atoms with Crippen LogP contribution in [0.2, 0.25) is 0 Å². The fourth-order valence-electron chi connectivity index (χ4n) is 3.92. The first-order valence-corrected chi connectivity index (χ1v) is 10.7. The van der Waals surface area contributed by atoms with Crippen LogP contribution >= 0.6 is 0 Å². The SMILES string of the molecule is CC(C)(C)NC(=O)CN1CCN(C(=O)CN2CCN(c3ccc(F)cc3)CC2)CC1. The minimum Gasteiger partial charge on any atom is -0.369 e. The normalized spacial score (nSPS) is 19.1. The van der Waals surface area contributed by atoms with E-state index in [0.717, 1.165) is 45.0 Å². The molecule has 0 radical (unpaired) electrons. The molecule has 0 bridgehead atoms. The van der Waals surface area contributed by atoms with E-state index in [1.54, 1.807) is 12.1 Å². The summed E-state index contributed by atoms with van der Waals surface area (Å²) < 4.78 is 13.1. The Morgan fingerprint density at radius 1 is 0.867 bits per heavy atom. The molecule has 2 aliphatic rings. The summed E-state index contributed by atoms with van der Waals surface area (Å²) >= 11 is 0. The van der Waals surface area contributed by atoms with Crippen molar-refractivity contribution in [1.82, 2.24) is 20.0 Å². The van der Waals surface area contributed by atoms with Crippen molar-refractivity contribution in [3.8, 4) is 0 Å². The lowest BCUT2D eigenvalue weighted by Gasteiger charge is -2.38. The van der Waals surface area contributed by atoms with E-state index in [4.69, 9.17) is 0 Å². The van der Waals surface area contributed by atoms with Gasteiger partial charge in [0.05, 0.1) is 13.1 Å². The van der Waals surface area contributed by atoms with Crippen LogP contribution in [-0.2, 0) is 9.59 Å². The van der Waals surface area contributed by atoms with E-state index in [0.29, 0.717) is 26.2 Å². The Labute approximate surface area is 178 Å². The quantitative estimate of drug-likeness (QED) is 0.772. The maximum absolute atomic E-state index is 13.1. The Bertz CT molecular complexity index is 718. The molecule has 3 rings (SSSR count). The molecule has 0 saturated carbocycles. The first-order chi connectivity index (χ1) is 14.2. The molecular weight excluding hydrogens is 385 g/mol. The Morgan fingerprint density at radius 2 is 1.40 bits per heavy atom. The van der Waals surface area contributed by atoms with Crippen molar-refractivity contribution in [2.75, 3.05) is 70.3 Å². The zero-order chi connectivity index (χ0) is 21.7. The maximum Gasteiger partial charge on any atom is 0.236 e. The number of rotatable bonds is 5. The van der Waals surface area contributed by atoms with Crippen molar-refractivity contribution >= 4 is 17.5 Å². The van der Waals surface area contributed by atoms with Crippen LogP contribution in [0, 0.1) is 5.82 Å². The van der Waals surface area contributed by atoms with Gasteiger partial charge in [0.2, 0.25) is 11.8 Å². The van der Waals surface area contributed by atoms with Gasteiger partial charge in [0, 0.05) is 63.6 Å². The molecule has 0 aliphatic carbocycles. The molecule has 8 heteroatoms. The molecule has 2 amide bonds. The third kappa shape index (κ3) is 6.67. The average molecular weight is 420 g/mol. The predicted molar refractivity (Wildman–Crippen MR) is 116 cm³/mol. The molecule has 0 atom stereocenters. The molecule has 1 N–H and O–H groups in total. The molecule has 0 unspecified atom stereocenters. The molecular formula is C22H34FN5O2. The summed E-state index contributed by atoms with van der Waals surface area (Å²) in [6.45, 7) is 12.8. The van der Waals surface area contributed by atoms with Gasteiger partial charge in [-0.2, -0.15) is 0 Å². The highest BCUT2D eigenvalue weighted by atomic mass is 19.1.